The van der Waals surface area contributed by atoms with Crippen molar-refractivity contribution in [2.75, 3.05) is 0 Å². The number of nitrogens with one attached hydrogen (secondary N) is 1. The van der Waals surface area contributed by atoms with Crippen LogP contribution in [0, 0.1) is 0 Å². The Morgan fingerprint density at radius 3 is 2.62 bits per heavy atom. The maximum Gasteiger partial charge on any atom is 0.166 e. The number of carbonyl (C=O) groups excluding carboxylic acids is 1. The Morgan fingerprint density at radius 1 is 1.62 bits per heavy atom. The summed E-state index contributed by atoms with van der Waals surface area (Å²) in [5, 5.41) is 0.715. The standard InChI is InChI=1S/C5H5NOS/c7-3-4-1-2-5(8)6-4/h1-3,6,8H. The van der Waals surface area contributed by atoms with Crippen LogP contribution in [0.5, 0.6) is 0 Å². The lowest BCUT2D eigenvalue weighted by Crippen LogP contribution is -1.74. The minimum Gasteiger partial charge on any atom is -0.348 e. The number of aromatic nitrogens is 1. The summed E-state index contributed by atoms with van der Waals surface area (Å²) in [6, 6.07) is 3.40. The molecule has 0 aliphatic heterocycles. The SMILES string of the molecule is O=Cc1ccc(S)[nH]1. The van der Waals surface area contributed by atoms with Gasteiger partial charge in [-0.05, 0) is 12.1 Å². The minimum absolute atomic E-state index is 0.565. The van der Waals surface area contributed by atoms with Crippen LogP contribution < -0.4 is 0 Å². The summed E-state index contributed by atoms with van der Waals surface area (Å²) in [6.07, 6.45) is 0.750. The molecule has 8 heavy (non-hydrogen) atoms. The Labute approximate surface area is 52.3 Å². The topological polar surface area (TPSA) is 32.9 Å². The maximum absolute atomic E-state index is 9.95. The van der Waals surface area contributed by atoms with Gasteiger partial charge in [0.2, 0.25) is 0 Å². The van der Waals surface area contributed by atoms with E-state index in [-0.39, 0.29) is 0 Å². The summed E-state index contributed by atoms with van der Waals surface area (Å²) in [5.74, 6) is 0. The molecule has 0 fully saturated rings. The Kier molecular flexibility index (Phi) is 1.39. The van der Waals surface area contributed by atoms with Crippen molar-refractivity contribution >= 4 is 18.9 Å². The van der Waals surface area contributed by atoms with Crippen molar-refractivity contribution in [3.8, 4) is 0 Å². The zero-order valence-electron chi connectivity index (χ0n) is 4.09. The quantitative estimate of drug-likeness (QED) is 0.430. The predicted molar refractivity (Wildman–Crippen MR) is 33.4 cm³/mol. The summed E-state index contributed by atoms with van der Waals surface area (Å²) < 4.78 is 0. The molecule has 1 rings (SSSR count). The molecule has 0 aromatic carbocycles. The first-order valence-corrected chi connectivity index (χ1v) is 2.61. The summed E-state index contributed by atoms with van der Waals surface area (Å²) in [5.41, 5.74) is 0.565. The number of aldehydes is 1. The van der Waals surface area contributed by atoms with Gasteiger partial charge in [-0.3, -0.25) is 4.79 Å². The van der Waals surface area contributed by atoms with E-state index in [4.69, 9.17) is 0 Å². The molecule has 0 spiro atoms. The van der Waals surface area contributed by atoms with Crippen molar-refractivity contribution in [1.29, 1.82) is 0 Å². The normalized spacial score (nSPS) is 9.12. The van der Waals surface area contributed by atoms with Crippen LogP contribution in [0.1, 0.15) is 10.5 Å². The molecule has 0 saturated heterocycles. The second-order valence-electron chi connectivity index (χ2n) is 1.42. The Balaban J connectivity index is 3.00. The van der Waals surface area contributed by atoms with E-state index >= 15 is 0 Å². The van der Waals surface area contributed by atoms with Gasteiger partial charge in [-0.2, -0.15) is 0 Å². The van der Waals surface area contributed by atoms with Crippen molar-refractivity contribution in [1.82, 2.24) is 4.98 Å². The minimum atomic E-state index is 0.565. The van der Waals surface area contributed by atoms with Gasteiger partial charge in [0, 0.05) is 0 Å². The average molecular weight is 127 g/mol. The molecule has 0 saturated carbocycles. The van der Waals surface area contributed by atoms with Crippen molar-refractivity contribution in [2.24, 2.45) is 0 Å². The van der Waals surface area contributed by atoms with Crippen LogP contribution in [0.4, 0.5) is 0 Å². The van der Waals surface area contributed by atoms with Crippen LogP contribution in [-0.4, -0.2) is 11.3 Å². The van der Waals surface area contributed by atoms with Crippen LogP contribution in [0.25, 0.3) is 0 Å². The zero-order chi connectivity index (χ0) is 5.98. The monoisotopic (exact) mass is 127 g/mol. The van der Waals surface area contributed by atoms with Gasteiger partial charge in [0.1, 0.15) is 0 Å². The lowest BCUT2D eigenvalue weighted by Gasteiger charge is -1.76. The molecule has 1 N–H and O–H groups in total. The zero-order valence-corrected chi connectivity index (χ0v) is 4.98. The van der Waals surface area contributed by atoms with Crippen LogP contribution in [0.3, 0.4) is 0 Å². The number of hydrogen-bond donors (Lipinski definition) is 2. The second-order valence-corrected chi connectivity index (χ2v) is 1.90. The van der Waals surface area contributed by atoms with E-state index in [1.807, 2.05) is 0 Å². The van der Waals surface area contributed by atoms with E-state index in [1.54, 1.807) is 12.1 Å². The Bertz CT molecular complexity index is 194. The highest BCUT2D eigenvalue weighted by atomic mass is 32.1. The van der Waals surface area contributed by atoms with Crippen LogP contribution in [0.15, 0.2) is 17.2 Å². The highest BCUT2D eigenvalue weighted by Crippen LogP contribution is 2.02. The summed E-state index contributed by atoms with van der Waals surface area (Å²) in [7, 11) is 0. The molecule has 2 nitrogen and oxygen atoms in total. The highest BCUT2D eigenvalue weighted by molar-refractivity contribution is 7.80. The molecule has 1 aromatic heterocycles. The number of hydrogen-bond acceptors (Lipinski definition) is 2. The predicted octanol–water partition coefficient (Wildman–Crippen LogP) is 1.12. The number of rotatable bonds is 1. The molecule has 0 amide bonds. The first kappa shape index (κ1) is 5.44. The van der Waals surface area contributed by atoms with E-state index in [9.17, 15) is 4.79 Å². The lowest BCUT2D eigenvalue weighted by atomic mass is 10.5. The molecule has 0 aliphatic rings. The van der Waals surface area contributed by atoms with Crippen LogP contribution in [-0.2, 0) is 0 Å². The fraction of sp³-hybridized carbons (Fsp3) is 0. The van der Waals surface area contributed by atoms with Crippen LogP contribution in [0.2, 0.25) is 0 Å². The third kappa shape index (κ3) is 0.924. The van der Waals surface area contributed by atoms with E-state index in [0.717, 1.165) is 6.29 Å². The van der Waals surface area contributed by atoms with Gasteiger partial charge >= 0.3 is 0 Å². The fourth-order valence-corrected chi connectivity index (χ4v) is 0.672. The molecule has 0 unspecified atom stereocenters. The van der Waals surface area contributed by atoms with E-state index < -0.39 is 0 Å². The van der Waals surface area contributed by atoms with Gasteiger partial charge in [-0.25, -0.2) is 0 Å². The van der Waals surface area contributed by atoms with Gasteiger partial charge in [0.25, 0.3) is 0 Å². The third-order valence-electron chi connectivity index (χ3n) is 0.820. The fourth-order valence-electron chi connectivity index (χ4n) is 0.469. The first-order chi connectivity index (χ1) is 3.83. The van der Waals surface area contributed by atoms with Crippen molar-refractivity contribution in [2.45, 2.75) is 5.03 Å². The number of H-pyrrole nitrogens is 1. The van der Waals surface area contributed by atoms with E-state index in [0.29, 0.717) is 10.7 Å². The molecule has 1 heterocycles. The van der Waals surface area contributed by atoms with Crippen molar-refractivity contribution in [3.63, 3.8) is 0 Å². The largest absolute Gasteiger partial charge is 0.348 e. The lowest BCUT2D eigenvalue weighted by molar-refractivity contribution is 0.111. The average Bonchev–Trinajstić information content (AvgIpc) is 2.14. The summed E-state index contributed by atoms with van der Waals surface area (Å²) >= 11 is 3.94. The molecule has 42 valence electrons. The number of aromatic amines is 1. The molecular formula is C5H5NOS. The van der Waals surface area contributed by atoms with Gasteiger partial charge in [0.15, 0.2) is 6.29 Å². The van der Waals surface area contributed by atoms with Crippen molar-refractivity contribution in [3.05, 3.63) is 17.8 Å². The van der Waals surface area contributed by atoms with Gasteiger partial charge in [0.05, 0.1) is 10.7 Å². The summed E-state index contributed by atoms with van der Waals surface area (Å²) in [6.45, 7) is 0. The summed E-state index contributed by atoms with van der Waals surface area (Å²) in [4.78, 5) is 12.7. The molecule has 0 radical (unpaired) electrons. The van der Waals surface area contributed by atoms with E-state index in [2.05, 4.69) is 17.6 Å². The number of thiol groups is 1. The third-order valence-corrected chi connectivity index (χ3v) is 1.08. The second kappa shape index (κ2) is 2.05. The molecule has 0 aliphatic carbocycles. The first-order valence-electron chi connectivity index (χ1n) is 2.16. The van der Waals surface area contributed by atoms with Gasteiger partial charge < -0.3 is 4.98 Å². The molecule has 0 atom stereocenters. The van der Waals surface area contributed by atoms with Gasteiger partial charge in [-0.1, -0.05) is 0 Å². The smallest absolute Gasteiger partial charge is 0.166 e. The maximum atomic E-state index is 9.95. The Morgan fingerprint density at radius 2 is 2.38 bits per heavy atom. The molecule has 3 heteroatoms. The molecular weight excluding hydrogens is 122 g/mol. The molecule has 1 aromatic rings. The van der Waals surface area contributed by atoms with Crippen LogP contribution >= 0.6 is 12.6 Å². The Hall–Kier alpha value is -0.700. The van der Waals surface area contributed by atoms with Crippen molar-refractivity contribution < 1.29 is 4.79 Å². The number of carbonyl (C=O) groups is 1. The van der Waals surface area contributed by atoms with Gasteiger partial charge in [-0.15, -0.1) is 12.6 Å². The molecule has 0 bridgehead atoms. The van der Waals surface area contributed by atoms with E-state index in [1.165, 1.54) is 0 Å². The highest BCUT2D eigenvalue weighted by Gasteiger charge is 1.88.